The molecule has 7 nitrogen and oxygen atoms in total. The first-order valence-electron chi connectivity index (χ1n) is 11.2. The maximum Gasteiger partial charge on any atom is 0.191 e. The van der Waals surface area contributed by atoms with Gasteiger partial charge in [-0.3, -0.25) is 9.89 Å². The second kappa shape index (κ2) is 12.6. The number of guanidine groups is 1. The van der Waals surface area contributed by atoms with Gasteiger partial charge in [0.25, 0.3) is 0 Å². The van der Waals surface area contributed by atoms with Crippen molar-refractivity contribution >= 4 is 5.96 Å². The minimum absolute atomic E-state index is 0.235. The summed E-state index contributed by atoms with van der Waals surface area (Å²) in [5.74, 6) is 2.18. The Morgan fingerprint density at radius 1 is 1.04 bits per heavy atom. The van der Waals surface area contributed by atoms with E-state index < -0.39 is 0 Å². The van der Waals surface area contributed by atoms with E-state index in [4.69, 9.17) is 9.73 Å². The van der Waals surface area contributed by atoms with E-state index in [1.165, 1.54) is 26.2 Å². The van der Waals surface area contributed by atoms with E-state index in [0.29, 0.717) is 11.8 Å². The largest absolute Gasteiger partial charge is 0.374 e. The minimum atomic E-state index is 0.235. The topological polar surface area (TPSA) is 55.4 Å². The molecule has 2 saturated heterocycles. The third-order valence-corrected chi connectivity index (χ3v) is 5.41. The molecule has 0 aliphatic carbocycles. The molecule has 0 amide bonds. The van der Waals surface area contributed by atoms with Gasteiger partial charge in [0.2, 0.25) is 0 Å². The predicted molar refractivity (Wildman–Crippen MR) is 118 cm³/mol. The maximum atomic E-state index is 5.96. The number of aliphatic imine (C=N–C) groups is 1. The summed E-state index contributed by atoms with van der Waals surface area (Å²) in [5, 5.41) is 6.88. The van der Waals surface area contributed by atoms with E-state index in [1.807, 2.05) is 0 Å². The van der Waals surface area contributed by atoms with E-state index in [2.05, 4.69) is 60.1 Å². The fourth-order valence-electron chi connectivity index (χ4n) is 3.91. The number of nitrogens with zero attached hydrogens (tertiary/aromatic N) is 4. The Bertz CT molecular complexity index is 450. The van der Waals surface area contributed by atoms with Crippen LogP contribution in [0.1, 0.15) is 27.7 Å². The van der Waals surface area contributed by atoms with Crippen molar-refractivity contribution in [3.05, 3.63) is 0 Å². The number of hydrogen-bond donors (Lipinski definition) is 2. The molecule has 2 N–H and O–H groups in total. The molecule has 2 atom stereocenters. The van der Waals surface area contributed by atoms with Crippen LogP contribution in [0, 0.1) is 11.8 Å². The molecule has 2 aliphatic heterocycles. The molecule has 0 aromatic heterocycles. The monoisotopic (exact) mass is 396 g/mol. The number of likely N-dealkylation sites (N-methyl/N-ethyl adjacent to an activating group) is 1. The Balaban J connectivity index is 1.73. The molecule has 2 rings (SSSR count). The van der Waals surface area contributed by atoms with Crippen molar-refractivity contribution < 1.29 is 4.74 Å². The Kier molecular flexibility index (Phi) is 10.5. The average molecular weight is 397 g/mol. The predicted octanol–water partition coefficient (Wildman–Crippen LogP) is 0.782. The van der Waals surface area contributed by atoms with Gasteiger partial charge >= 0.3 is 0 Å². The highest BCUT2D eigenvalue weighted by atomic mass is 16.5. The van der Waals surface area contributed by atoms with Crippen LogP contribution >= 0.6 is 0 Å². The lowest BCUT2D eigenvalue weighted by molar-refractivity contribution is -0.0284. The number of nitrogens with one attached hydrogen (secondary N) is 2. The Hall–Kier alpha value is -0.890. The molecular formula is C21H44N6O. The molecule has 2 fully saturated rings. The highest BCUT2D eigenvalue weighted by Gasteiger charge is 2.21. The van der Waals surface area contributed by atoms with Gasteiger partial charge in [0.1, 0.15) is 0 Å². The molecule has 2 aliphatic rings. The second-order valence-electron chi connectivity index (χ2n) is 8.96. The zero-order valence-electron chi connectivity index (χ0n) is 18.9. The molecule has 2 unspecified atom stereocenters. The first-order valence-corrected chi connectivity index (χ1v) is 11.2. The van der Waals surface area contributed by atoms with Crippen molar-refractivity contribution in [2.24, 2.45) is 16.8 Å². The first kappa shape index (κ1) is 23.4. The molecule has 2 heterocycles. The molecule has 28 heavy (non-hydrogen) atoms. The molecule has 0 saturated carbocycles. The van der Waals surface area contributed by atoms with E-state index in [1.54, 1.807) is 0 Å². The van der Waals surface area contributed by atoms with Crippen LogP contribution in [0.25, 0.3) is 0 Å². The fraction of sp³-hybridized carbons (Fsp3) is 0.952. The molecule has 0 spiro atoms. The molecule has 0 aromatic rings. The van der Waals surface area contributed by atoms with E-state index in [-0.39, 0.29) is 6.10 Å². The zero-order chi connectivity index (χ0) is 20.4. The lowest BCUT2D eigenvalue weighted by Gasteiger charge is -2.34. The summed E-state index contributed by atoms with van der Waals surface area (Å²) in [5.41, 5.74) is 0. The summed E-state index contributed by atoms with van der Waals surface area (Å²) in [6.07, 6.45) is 0.235. The third-order valence-electron chi connectivity index (χ3n) is 5.41. The molecule has 0 aromatic carbocycles. The maximum absolute atomic E-state index is 5.96. The fourth-order valence-corrected chi connectivity index (χ4v) is 3.91. The minimum Gasteiger partial charge on any atom is -0.374 e. The highest BCUT2D eigenvalue weighted by Crippen LogP contribution is 2.08. The van der Waals surface area contributed by atoms with Crippen LogP contribution in [0.2, 0.25) is 0 Å². The second-order valence-corrected chi connectivity index (χ2v) is 8.96. The van der Waals surface area contributed by atoms with Crippen molar-refractivity contribution in [3.63, 3.8) is 0 Å². The van der Waals surface area contributed by atoms with Crippen LogP contribution in [0.3, 0.4) is 0 Å². The molecule has 0 bridgehead atoms. The summed E-state index contributed by atoms with van der Waals surface area (Å²) in [6.45, 7) is 21.4. The van der Waals surface area contributed by atoms with Gasteiger partial charge in [0.05, 0.1) is 12.7 Å². The number of rotatable bonds is 9. The zero-order valence-corrected chi connectivity index (χ0v) is 18.9. The highest BCUT2D eigenvalue weighted by molar-refractivity contribution is 5.79. The van der Waals surface area contributed by atoms with Crippen LogP contribution in [-0.2, 0) is 4.74 Å². The van der Waals surface area contributed by atoms with Gasteiger partial charge in [-0.25, -0.2) is 0 Å². The van der Waals surface area contributed by atoms with E-state index in [0.717, 1.165) is 58.4 Å². The van der Waals surface area contributed by atoms with Gasteiger partial charge in [-0.05, 0) is 25.8 Å². The Morgan fingerprint density at radius 3 is 2.46 bits per heavy atom. The molecule has 7 heteroatoms. The number of piperazine rings is 1. The van der Waals surface area contributed by atoms with Gasteiger partial charge < -0.3 is 25.2 Å². The smallest absolute Gasteiger partial charge is 0.191 e. The lowest BCUT2D eigenvalue weighted by Crippen LogP contribution is -2.50. The van der Waals surface area contributed by atoms with Gasteiger partial charge in [-0.2, -0.15) is 0 Å². The Morgan fingerprint density at radius 2 is 1.79 bits per heavy atom. The summed E-state index contributed by atoms with van der Waals surface area (Å²) >= 11 is 0. The van der Waals surface area contributed by atoms with Gasteiger partial charge in [-0.1, -0.05) is 20.8 Å². The normalized spacial score (nSPS) is 24.5. The molecule has 0 radical (unpaired) electrons. The number of hydrogen-bond acceptors (Lipinski definition) is 5. The molecular weight excluding hydrogens is 352 g/mol. The van der Waals surface area contributed by atoms with Crippen molar-refractivity contribution in [2.75, 3.05) is 85.6 Å². The van der Waals surface area contributed by atoms with Gasteiger partial charge in [-0.15, -0.1) is 0 Å². The van der Waals surface area contributed by atoms with Crippen LogP contribution in [-0.4, -0.2) is 112 Å². The quantitative estimate of drug-likeness (QED) is 0.444. The first-order chi connectivity index (χ1) is 13.5. The van der Waals surface area contributed by atoms with Crippen molar-refractivity contribution in [2.45, 2.75) is 33.8 Å². The summed E-state index contributed by atoms with van der Waals surface area (Å²) in [6, 6.07) is 0. The van der Waals surface area contributed by atoms with E-state index >= 15 is 0 Å². The Labute approximate surface area is 172 Å². The van der Waals surface area contributed by atoms with Crippen LogP contribution < -0.4 is 10.6 Å². The standard InChI is InChI=1S/C21H44N6O/c1-6-22-21(23-13-19(4)16-26-9-7-25(5)8-10-26)24-14-20-17-27(11-12-28-20)15-18(2)3/h18-20H,6-17H2,1-5H3,(H2,22,23,24). The lowest BCUT2D eigenvalue weighted by atomic mass is 10.1. The van der Waals surface area contributed by atoms with Crippen LogP contribution in [0.5, 0.6) is 0 Å². The third kappa shape index (κ3) is 9.07. The summed E-state index contributed by atoms with van der Waals surface area (Å²) in [4.78, 5) is 12.3. The van der Waals surface area contributed by atoms with E-state index in [9.17, 15) is 0 Å². The number of ether oxygens (including phenoxy) is 1. The molecule has 164 valence electrons. The summed E-state index contributed by atoms with van der Waals surface area (Å²) < 4.78 is 5.96. The van der Waals surface area contributed by atoms with Crippen LogP contribution in [0.15, 0.2) is 4.99 Å². The van der Waals surface area contributed by atoms with Gasteiger partial charge in [0, 0.05) is 72.0 Å². The van der Waals surface area contributed by atoms with Crippen molar-refractivity contribution in [1.29, 1.82) is 0 Å². The van der Waals surface area contributed by atoms with Crippen molar-refractivity contribution in [1.82, 2.24) is 25.3 Å². The SMILES string of the molecule is CCNC(=NCC(C)CN1CCN(C)CC1)NCC1CN(CC(C)C)CCO1. The summed E-state index contributed by atoms with van der Waals surface area (Å²) in [7, 11) is 2.21. The van der Waals surface area contributed by atoms with Gasteiger partial charge in [0.15, 0.2) is 5.96 Å². The van der Waals surface area contributed by atoms with Crippen molar-refractivity contribution in [3.8, 4) is 0 Å². The van der Waals surface area contributed by atoms with Crippen LogP contribution in [0.4, 0.5) is 0 Å². The number of morpholine rings is 1. The average Bonchev–Trinajstić information content (AvgIpc) is 2.65.